The molecule has 0 fully saturated rings. The quantitative estimate of drug-likeness (QED) is 0.681. The lowest BCUT2D eigenvalue weighted by Gasteiger charge is -2.32. The Morgan fingerprint density at radius 2 is 1.60 bits per heavy atom. The van der Waals surface area contributed by atoms with E-state index in [1.165, 1.54) is 12.1 Å². The van der Waals surface area contributed by atoms with E-state index in [1.807, 2.05) is 0 Å². The van der Waals surface area contributed by atoms with Crippen molar-refractivity contribution in [1.29, 1.82) is 0 Å². The van der Waals surface area contributed by atoms with Gasteiger partial charge in [-0.05, 0) is 28.1 Å². The van der Waals surface area contributed by atoms with Gasteiger partial charge < -0.3 is 9.47 Å². The molecular formula is C8H3BrF4O2. The SMILES string of the molecule is FC1(F)Oc2cccc(Br)c2OC1(F)F. The minimum absolute atomic E-state index is 0.121. The molecule has 0 saturated carbocycles. The molecule has 7 heteroatoms. The maximum absolute atomic E-state index is 12.7. The largest absolute Gasteiger partial charge is 0.507 e. The lowest BCUT2D eigenvalue weighted by atomic mass is 10.3. The van der Waals surface area contributed by atoms with Crippen molar-refractivity contribution in [3.63, 3.8) is 0 Å². The molecule has 0 saturated heterocycles. The van der Waals surface area contributed by atoms with Crippen molar-refractivity contribution in [2.24, 2.45) is 0 Å². The van der Waals surface area contributed by atoms with Crippen LogP contribution in [0, 0.1) is 0 Å². The van der Waals surface area contributed by atoms with Gasteiger partial charge in [0.15, 0.2) is 11.5 Å². The Balaban J connectivity index is 2.52. The normalized spacial score (nSPS) is 21.1. The highest BCUT2D eigenvalue weighted by atomic mass is 79.9. The molecule has 0 radical (unpaired) electrons. The summed E-state index contributed by atoms with van der Waals surface area (Å²) in [6.07, 6.45) is -9.34. The van der Waals surface area contributed by atoms with Gasteiger partial charge in [0.1, 0.15) is 0 Å². The third kappa shape index (κ3) is 1.54. The van der Waals surface area contributed by atoms with Gasteiger partial charge in [-0.1, -0.05) is 6.07 Å². The zero-order chi connectivity index (χ0) is 11.3. The van der Waals surface area contributed by atoms with Crippen LogP contribution in [0.4, 0.5) is 17.6 Å². The summed E-state index contributed by atoms with van der Waals surface area (Å²) in [6.45, 7) is 0. The second kappa shape index (κ2) is 3.01. The molecule has 82 valence electrons. The van der Waals surface area contributed by atoms with Gasteiger partial charge in [-0.2, -0.15) is 17.6 Å². The Labute approximate surface area is 89.9 Å². The Morgan fingerprint density at radius 1 is 1.00 bits per heavy atom. The van der Waals surface area contributed by atoms with Crippen LogP contribution in [-0.2, 0) is 0 Å². The van der Waals surface area contributed by atoms with E-state index >= 15 is 0 Å². The molecule has 0 aromatic heterocycles. The number of fused-ring (bicyclic) bond motifs is 1. The zero-order valence-electron chi connectivity index (χ0n) is 6.94. The second-order valence-electron chi connectivity index (χ2n) is 2.80. The molecule has 15 heavy (non-hydrogen) atoms. The molecule has 1 aromatic carbocycles. The molecule has 2 rings (SSSR count). The Hall–Kier alpha value is -0.980. The van der Waals surface area contributed by atoms with Crippen LogP contribution in [0.25, 0.3) is 0 Å². The minimum Gasteiger partial charge on any atom is -0.421 e. The van der Waals surface area contributed by atoms with Crippen molar-refractivity contribution < 1.29 is 27.0 Å². The number of hydrogen-bond acceptors (Lipinski definition) is 2. The van der Waals surface area contributed by atoms with Crippen LogP contribution in [0.3, 0.4) is 0 Å². The maximum atomic E-state index is 12.7. The van der Waals surface area contributed by atoms with E-state index in [4.69, 9.17) is 0 Å². The summed E-state index contributed by atoms with van der Waals surface area (Å²) in [5.41, 5.74) is 0. The average molecular weight is 287 g/mol. The van der Waals surface area contributed by atoms with Crippen molar-refractivity contribution >= 4 is 15.9 Å². The number of para-hydroxylation sites is 1. The summed E-state index contributed by atoms with van der Waals surface area (Å²) >= 11 is 2.89. The number of hydrogen-bond donors (Lipinski definition) is 0. The molecule has 1 aliphatic rings. The van der Waals surface area contributed by atoms with Gasteiger partial charge in [-0.25, -0.2) is 0 Å². The van der Waals surface area contributed by atoms with Gasteiger partial charge in [-0.15, -0.1) is 0 Å². The van der Waals surface area contributed by atoms with Crippen LogP contribution in [0.1, 0.15) is 0 Å². The van der Waals surface area contributed by atoms with Crippen LogP contribution in [0.5, 0.6) is 11.5 Å². The molecule has 1 aliphatic heterocycles. The summed E-state index contributed by atoms with van der Waals surface area (Å²) in [7, 11) is 0. The number of halogens is 5. The van der Waals surface area contributed by atoms with Crippen molar-refractivity contribution in [2.45, 2.75) is 12.2 Å². The summed E-state index contributed by atoms with van der Waals surface area (Å²) in [6, 6.07) is 3.86. The molecule has 0 atom stereocenters. The first-order chi connectivity index (χ1) is 6.83. The van der Waals surface area contributed by atoms with E-state index in [-0.39, 0.29) is 4.47 Å². The Kier molecular flexibility index (Phi) is 2.11. The monoisotopic (exact) mass is 286 g/mol. The third-order valence-corrected chi connectivity index (χ3v) is 2.36. The van der Waals surface area contributed by atoms with Gasteiger partial charge in [0.2, 0.25) is 0 Å². The van der Waals surface area contributed by atoms with Crippen molar-refractivity contribution in [3.8, 4) is 11.5 Å². The van der Waals surface area contributed by atoms with E-state index in [1.54, 1.807) is 0 Å². The predicted octanol–water partition coefficient (Wildman–Crippen LogP) is 3.41. The predicted molar refractivity (Wildman–Crippen MR) is 45.3 cm³/mol. The fraction of sp³-hybridized carbons (Fsp3) is 0.250. The molecule has 0 unspecified atom stereocenters. The summed E-state index contributed by atoms with van der Waals surface area (Å²) in [5, 5.41) is 0. The van der Waals surface area contributed by atoms with Gasteiger partial charge >= 0.3 is 12.2 Å². The molecule has 1 aromatic rings. The lowest BCUT2D eigenvalue weighted by Crippen LogP contribution is -2.52. The second-order valence-corrected chi connectivity index (χ2v) is 3.66. The summed E-state index contributed by atoms with van der Waals surface area (Å²) in [4.78, 5) is 0. The first-order valence-electron chi connectivity index (χ1n) is 3.76. The Bertz CT molecular complexity index is 408. The van der Waals surface area contributed by atoms with Crippen LogP contribution in [-0.4, -0.2) is 12.2 Å². The number of rotatable bonds is 0. The van der Waals surface area contributed by atoms with E-state index in [9.17, 15) is 17.6 Å². The number of alkyl halides is 4. The molecule has 1 heterocycles. The van der Waals surface area contributed by atoms with Gasteiger partial charge in [0.05, 0.1) is 4.47 Å². The highest BCUT2D eigenvalue weighted by molar-refractivity contribution is 9.10. The molecule has 0 bridgehead atoms. The van der Waals surface area contributed by atoms with Crippen LogP contribution in [0.2, 0.25) is 0 Å². The first kappa shape index (κ1) is 10.5. The molecule has 0 spiro atoms. The standard InChI is InChI=1S/C8H3BrF4O2/c9-4-2-1-3-5-6(4)15-8(12,13)7(10,11)14-5/h1-3H. The van der Waals surface area contributed by atoms with Gasteiger partial charge in [0.25, 0.3) is 0 Å². The smallest absolute Gasteiger partial charge is 0.421 e. The van der Waals surface area contributed by atoms with Crippen molar-refractivity contribution in [1.82, 2.24) is 0 Å². The fourth-order valence-electron chi connectivity index (χ4n) is 1.05. The van der Waals surface area contributed by atoms with E-state index in [0.29, 0.717) is 0 Å². The number of benzene rings is 1. The van der Waals surface area contributed by atoms with Crippen LogP contribution < -0.4 is 9.47 Å². The molecular weight excluding hydrogens is 284 g/mol. The topological polar surface area (TPSA) is 18.5 Å². The molecule has 0 aliphatic carbocycles. The van der Waals surface area contributed by atoms with Crippen molar-refractivity contribution in [3.05, 3.63) is 22.7 Å². The first-order valence-corrected chi connectivity index (χ1v) is 4.55. The lowest BCUT2D eigenvalue weighted by molar-refractivity contribution is -0.391. The molecule has 0 amide bonds. The van der Waals surface area contributed by atoms with Crippen LogP contribution in [0.15, 0.2) is 22.7 Å². The highest BCUT2D eigenvalue weighted by Gasteiger charge is 2.66. The summed E-state index contributed by atoms with van der Waals surface area (Å²) in [5.74, 6) is -0.867. The van der Waals surface area contributed by atoms with Gasteiger partial charge in [-0.3, -0.25) is 0 Å². The maximum Gasteiger partial charge on any atom is 0.507 e. The molecule has 0 N–H and O–H groups in total. The van der Waals surface area contributed by atoms with E-state index < -0.39 is 23.7 Å². The summed E-state index contributed by atoms with van der Waals surface area (Å²) < 4.78 is 58.7. The zero-order valence-corrected chi connectivity index (χ0v) is 8.52. The van der Waals surface area contributed by atoms with Gasteiger partial charge in [0, 0.05) is 0 Å². The molecule has 2 nitrogen and oxygen atoms in total. The van der Waals surface area contributed by atoms with E-state index in [0.717, 1.165) is 6.07 Å². The highest BCUT2D eigenvalue weighted by Crippen LogP contribution is 2.49. The fourth-order valence-corrected chi connectivity index (χ4v) is 1.48. The average Bonchev–Trinajstić information content (AvgIpc) is 2.08. The number of ether oxygens (including phenoxy) is 2. The van der Waals surface area contributed by atoms with Crippen molar-refractivity contribution in [2.75, 3.05) is 0 Å². The third-order valence-electron chi connectivity index (χ3n) is 1.74. The minimum atomic E-state index is -4.68. The van der Waals surface area contributed by atoms with Crippen LogP contribution >= 0.6 is 15.9 Å². The van der Waals surface area contributed by atoms with E-state index in [2.05, 4.69) is 25.4 Å². The Morgan fingerprint density at radius 3 is 2.27 bits per heavy atom.